The van der Waals surface area contributed by atoms with Crippen molar-refractivity contribution in [1.29, 1.82) is 0 Å². The highest BCUT2D eigenvalue weighted by molar-refractivity contribution is 5.59. The van der Waals surface area contributed by atoms with Gasteiger partial charge in [-0.3, -0.25) is 0 Å². The lowest BCUT2D eigenvalue weighted by Crippen LogP contribution is -2.58. The average Bonchev–Trinajstić information content (AvgIpc) is 2.78. The number of nitrogens with one attached hydrogen (secondary N) is 1. The van der Waals surface area contributed by atoms with Crippen LogP contribution in [0.25, 0.3) is 0 Å². The van der Waals surface area contributed by atoms with Crippen LogP contribution in [0.4, 0.5) is 5.69 Å². The quantitative estimate of drug-likeness (QED) is 0.588. The monoisotopic (exact) mass is 415 g/mol. The molecule has 3 heteroatoms. The number of para-hydroxylation sites is 1. The summed E-state index contributed by atoms with van der Waals surface area (Å²) in [7, 11) is 0. The predicted molar refractivity (Wildman–Crippen MR) is 122 cm³/mol. The maximum Gasteiger partial charge on any atom is 0.127 e. The van der Waals surface area contributed by atoms with Crippen molar-refractivity contribution < 1.29 is 9.47 Å². The van der Waals surface area contributed by atoms with E-state index in [2.05, 4.69) is 23.5 Å². The molecule has 6 aliphatic rings. The Labute approximate surface area is 185 Å². The maximum atomic E-state index is 6.51. The molecule has 1 saturated heterocycles. The van der Waals surface area contributed by atoms with Gasteiger partial charge in [0, 0.05) is 29.8 Å². The summed E-state index contributed by atoms with van der Waals surface area (Å²) in [6.07, 6.45) is 11.6. The summed E-state index contributed by atoms with van der Waals surface area (Å²) in [5.41, 5.74) is 3.08. The van der Waals surface area contributed by atoms with E-state index in [-0.39, 0.29) is 6.10 Å². The Morgan fingerprint density at radius 1 is 0.871 bits per heavy atom. The second-order valence-corrected chi connectivity index (χ2v) is 11.2. The van der Waals surface area contributed by atoms with E-state index in [0.29, 0.717) is 17.4 Å². The van der Waals surface area contributed by atoms with Gasteiger partial charge in [0.15, 0.2) is 0 Å². The Bertz CT molecular complexity index is 935. The summed E-state index contributed by atoms with van der Waals surface area (Å²) in [4.78, 5) is 0. The van der Waals surface area contributed by atoms with Gasteiger partial charge in [0.1, 0.15) is 11.5 Å². The van der Waals surface area contributed by atoms with Gasteiger partial charge in [-0.1, -0.05) is 18.2 Å². The summed E-state index contributed by atoms with van der Waals surface area (Å²) in [6.45, 7) is 0.887. The van der Waals surface area contributed by atoms with Crippen LogP contribution in [0.2, 0.25) is 0 Å². The molecule has 1 N–H and O–H groups in total. The molecule has 2 aromatic rings. The van der Waals surface area contributed by atoms with Crippen molar-refractivity contribution in [3.8, 4) is 11.5 Å². The molecule has 31 heavy (non-hydrogen) atoms. The minimum atomic E-state index is 0.210. The molecule has 5 fully saturated rings. The molecule has 0 spiro atoms. The minimum absolute atomic E-state index is 0.210. The van der Waals surface area contributed by atoms with E-state index >= 15 is 0 Å². The van der Waals surface area contributed by atoms with Crippen molar-refractivity contribution in [2.45, 2.75) is 63.5 Å². The third kappa shape index (κ3) is 3.03. The van der Waals surface area contributed by atoms with E-state index in [4.69, 9.17) is 9.47 Å². The van der Waals surface area contributed by atoms with Crippen LogP contribution < -0.4 is 10.1 Å². The molecular weight excluding hydrogens is 382 g/mol. The first kappa shape index (κ1) is 18.6. The van der Waals surface area contributed by atoms with Crippen molar-refractivity contribution in [1.82, 2.24) is 0 Å². The molecular formula is C28H33NO2. The fraction of sp³-hybridized carbons (Fsp3) is 0.571. The van der Waals surface area contributed by atoms with Crippen LogP contribution in [0.15, 0.2) is 48.5 Å². The van der Waals surface area contributed by atoms with Gasteiger partial charge in [-0.2, -0.15) is 0 Å². The van der Waals surface area contributed by atoms with Crippen molar-refractivity contribution in [2.75, 3.05) is 11.9 Å². The standard InChI is InChI=1S/C28H33NO2/c1-2-5-21(6-3-1)31-22-8-9-25-24(14-22)26-23(7-4-10-30-26)27(29-25)28-15-18-11-19(16-28)13-20(12-18)17-28/h1-3,5-6,8-9,14,18-20,23,26-27,29H,4,7,10-13,15-17H2/t18?,19?,20?,23-,26+,27+,28?/m1/s1. The van der Waals surface area contributed by atoms with Gasteiger partial charge >= 0.3 is 0 Å². The zero-order valence-corrected chi connectivity index (χ0v) is 18.3. The molecule has 8 rings (SSSR count). The number of hydrogen-bond acceptors (Lipinski definition) is 3. The van der Waals surface area contributed by atoms with E-state index in [1.54, 1.807) is 0 Å². The fourth-order valence-corrected chi connectivity index (χ4v) is 8.50. The molecule has 2 heterocycles. The van der Waals surface area contributed by atoms with Gasteiger partial charge in [0.05, 0.1) is 6.10 Å². The molecule has 4 aliphatic carbocycles. The van der Waals surface area contributed by atoms with Crippen LogP contribution in [0.1, 0.15) is 63.0 Å². The Balaban J connectivity index is 1.23. The SMILES string of the molecule is c1ccc(Oc2ccc3c(c2)[C@H]2OCCC[C@H]2[C@@H](C24CC5CC(CC(C5)C2)C4)N3)cc1. The van der Waals surface area contributed by atoms with E-state index < -0.39 is 0 Å². The summed E-state index contributed by atoms with van der Waals surface area (Å²) >= 11 is 0. The van der Waals surface area contributed by atoms with Gasteiger partial charge in [-0.15, -0.1) is 0 Å². The lowest BCUT2D eigenvalue weighted by molar-refractivity contribution is -0.108. The highest BCUT2D eigenvalue weighted by atomic mass is 16.5. The third-order valence-corrected chi connectivity index (χ3v) is 9.16. The molecule has 0 aromatic heterocycles. The van der Waals surface area contributed by atoms with Crippen molar-refractivity contribution in [3.05, 3.63) is 54.1 Å². The van der Waals surface area contributed by atoms with Crippen molar-refractivity contribution in [3.63, 3.8) is 0 Å². The summed E-state index contributed by atoms with van der Waals surface area (Å²) in [5.74, 6) is 5.34. The van der Waals surface area contributed by atoms with E-state index in [9.17, 15) is 0 Å². The van der Waals surface area contributed by atoms with Crippen LogP contribution in [0.5, 0.6) is 11.5 Å². The first-order chi connectivity index (χ1) is 15.3. The second-order valence-electron chi connectivity index (χ2n) is 11.2. The molecule has 2 aliphatic heterocycles. The maximum absolute atomic E-state index is 6.51. The number of anilines is 1. The van der Waals surface area contributed by atoms with Gasteiger partial charge in [-0.25, -0.2) is 0 Å². The van der Waals surface area contributed by atoms with Gasteiger partial charge < -0.3 is 14.8 Å². The third-order valence-electron chi connectivity index (χ3n) is 9.16. The summed E-state index contributed by atoms with van der Waals surface area (Å²) < 4.78 is 12.7. The molecule has 162 valence electrons. The molecule has 0 unspecified atom stereocenters. The van der Waals surface area contributed by atoms with E-state index in [0.717, 1.165) is 35.9 Å². The van der Waals surface area contributed by atoms with Gasteiger partial charge in [-0.05, 0) is 105 Å². The smallest absolute Gasteiger partial charge is 0.127 e. The Morgan fingerprint density at radius 2 is 1.61 bits per heavy atom. The molecule has 2 aromatic carbocycles. The van der Waals surface area contributed by atoms with E-state index in [1.165, 1.54) is 62.6 Å². The Morgan fingerprint density at radius 3 is 2.35 bits per heavy atom. The van der Waals surface area contributed by atoms with E-state index in [1.807, 2.05) is 30.3 Å². The Hall–Kier alpha value is -2.00. The van der Waals surface area contributed by atoms with Crippen LogP contribution in [0, 0.1) is 29.1 Å². The number of rotatable bonds is 3. The zero-order valence-electron chi connectivity index (χ0n) is 18.3. The van der Waals surface area contributed by atoms with Crippen LogP contribution in [-0.2, 0) is 4.74 Å². The zero-order chi connectivity index (χ0) is 20.4. The molecule has 3 atom stereocenters. The first-order valence-corrected chi connectivity index (χ1v) is 12.5. The van der Waals surface area contributed by atoms with Crippen molar-refractivity contribution in [2.24, 2.45) is 29.1 Å². The Kier molecular flexibility index (Phi) is 4.19. The molecule has 3 nitrogen and oxygen atoms in total. The number of ether oxygens (including phenoxy) is 2. The normalized spacial score (nSPS) is 40.0. The molecule has 4 saturated carbocycles. The molecule has 4 bridgehead atoms. The van der Waals surface area contributed by atoms with Gasteiger partial charge in [0.2, 0.25) is 0 Å². The number of fused-ring (bicyclic) bond motifs is 3. The predicted octanol–water partition coefficient (Wildman–Crippen LogP) is 6.96. The molecule has 0 amide bonds. The van der Waals surface area contributed by atoms with Crippen LogP contribution in [0.3, 0.4) is 0 Å². The minimum Gasteiger partial charge on any atom is -0.457 e. The summed E-state index contributed by atoms with van der Waals surface area (Å²) in [6, 6.07) is 17.3. The van der Waals surface area contributed by atoms with Crippen LogP contribution in [-0.4, -0.2) is 12.6 Å². The van der Waals surface area contributed by atoms with Crippen LogP contribution >= 0.6 is 0 Å². The largest absolute Gasteiger partial charge is 0.457 e. The first-order valence-electron chi connectivity index (χ1n) is 12.5. The number of hydrogen-bond donors (Lipinski definition) is 1. The van der Waals surface area contributed by atoms with Crippen molar-refractivity contribution >= 4 is 5.69 Å². The topological polar surface area (TPSA) is 30.5 Å². The average molecular weight is 416 g/mol. The highest BCUT2D eigenvalue weighted by Crippen LogP contribution is 2.64. The second kappa shape index (κ2) is 7.00. The van der Waals surface area contributed by atoms with Gasteiger partial charge in [0.25, 0.3) is 0 Å². The lowest BCUT2D eigenvalue weighted by Gasteiger charge is -2.62. The summed E-state index contributed by atoms with van der Waals surface area (Å²) in [5, 5.41) is 4.11. The highest BCUT2D eigenvalue weighted by Gasteiger charge is 2.58. The number of benzene rings is 2. The lowest BCUT2D eigenvalue weighted by atomic mass is 9.46. The fourth-order valence-electron chi connectivity index (χ4n) is 8.50. The molecule has 0 radical (unpaired) electrons.